The van der Waals surface area contributed by atoms with E-state index in [1.807, 2.05) is 0 Å². The molecule has 1 rings (SSSR count). The predicted molar refractivity (Wildman–Crippen MR) is 252 cm³/mol. The zero-order valence-corrected chi connectivity index (χ0v) is 40.8. The van der Waals surface area contributed by atoms with Crippen LogP contribution in [0.15, 0.2) is 0 Å². The van der Waals surface area contributed by atoms with E-state index < -0.39 is 78.5 Å². The highest BCUT2D eigenvalue weighted by Gasteiger charge is 2.48. The average molecular weight is 924 g/mol. The number of amides is 1. The zero-order valence-electron chi connectivity index (χ0n) is 40.0. The van der Waals surface area contributed by atoms with Gasteiger partial charge in [0.2, 0.25) is 5.91 Å². The van der Waals surface area contributed by atoms with Gasteiger partial charge in [-0.15, -0.1) is 0 Å². The minimum absolute atomic E-state index is 0.266. The van der Waals surface area contributed by atoms with E-state index in [1.54, 1.807) is 0 Å². The molecule has 0 aromatic rings. The van der Waals surface area contributed by atoms with Gasteiger partial charge in [-0.25, -0.2) is 4.18 Å². The Labute approximate surface area is 384 Å². The lowest BCUT2D eigenvalue weighted by Gasteiger charge is -2.41. The van der Waals surface area contributed by atoms with Gasteiger partial charge >= 0.3 is 10.4 Å². The highest BCUT2D eigenvalue weighted by molar-refractivity contribution is 7.80. The molecule has 7 N–H and O–H groups in total. The van der Waals surface area contributed by atoms with Crippen LogP contribution >= 0.6 is 0 Å². The van der Waals surface area contributed by atoms with Gasteiger partial charge in [0.15, 0.2) is 6.29 Å². The predicted octanol–water partition coefficient (Wildman–Crippen LogP) is 9.92. The number of hydrogen-bond donors (Lipinski definition) is 7. The van der Waals surface area contributed by atoms with Crippen LogP contribution in [0.2, 0.25) is 0 Å². The summed E-state index contributed by atoms with van der Waals surface area (Å²) in [6.45, 7) is 3.31. The maximum absolute atomic E-state index is 13.2. The monoisotopic (exact) mass is 924 g/mol. The molecule has 0 bridgehead atoms. The van der Waals surface area contributed by atoms with Crippen molar-refractivity contribution in [2.45, 2.75) is 294 Å². The lowest BCUT2D eigenvalue weighted by molar-refractivity contribution is -0.298. The van der Waals surface area contributed by atoms with E-state index in [4.69, 9.17) is 9.47 Å². The Morgan fingerprint density at radius 1 is 0.571 bits per heavy atom. The Morgan fingerprint density at radius 2 is 0.921 bits per heavy atom. The highest BCUT2D eigenvalue weighted by atomic mass is 32.3. The van der Waals surface area contributed by atoms with Gasteiger partial charge in [-0.1, -0.05) is 232 Å². The third kappa shape index (κ3) is 32.4. The summed E-state index contributed by atoms with van der Waals surface area (Å²) in [4.78, 5) is 13.2. The van der Waals surface area contributed by atoms with E-state index in [1.165, 1.54) is 167 Å². The maximum Gasteiger partial charge on any atom is 0.397 e. The van der Waals surface area contributed by atoms with Crippen LogP contribution in [-0.2, 0) is 28.9 Å². The Balaban J connectivity index is 2.46. The third-order valence-electron chi connectivity index (χ3n) is 12.8. The minimum Gasteiger partial charge on any atom is -0.394 e. The summed E-state index contributed by atoms with van der Waals surface area (Å²) in [5, 5.41) is 55.5. The van der Waals surface area contributed by atoms with E-state index in [-0.39, 0.29) is 6.42 Å². The van der Waals surface area contributed by atoms with Gasteiger partial charge in [0.05, 0.1) is 25.4 Å². The molecule has 8 unspecified atom stereocenters. The van der Waals surface area contributed by atoms with E-state index in [0.717, 1.165) is 38.5 Å². The molecule has 0 aromatic heterocycles. The molecule has 1 heterocycles. The Kier molecular flexibility index (Phi) is 38.3. The molecule has 0 saturated carbocycles. The number of carbonyl (C=O) groups is 1. The zero-order chi connectivity index (χ0) is 46.4. The van der Waals surface area contributed by atoms with Crippen LogP contribution in [0.25, 0.3) is 0 Å². The summed E-state index contributed by atoms with van der Waals surface area (Å²) in [7, 11) is -5.11. The van der Waals surface area contributed by atoms with E-state index in [0.29, 0.717) is 19.3 Å². The van der Waals surface area contributed by atoms with Crippen molar-refractivity contribution in [1.29, 1.82) is 0 Å². The first-order valence-corrected chi connectivity index (χ1v) is 27.4. The third-order valence-corrected chi connectivity index (χ3v) is 13.2. The highest BCUT2D eigenvalue weighted by Crippen LogP contribution is 2.26. The van der Waals surface area contributed by atoms with Crippen molar-refractivity contribution in [1.82, 2.24) is 5.32 Å². The van der Waals surface area contributed by atoms with Gasteiger partial charge in [0, 0.05) is 0 Å². The Hall–Kier alpha value is -0.940. The van der Waals surface area contributed by atoms with Crippen LogP contribution < -0.4 is 5.32 Å². The van der Waals surface area contributed by atoms with Crippen LogP contribution in [0.3, 0.4) is 0 Å². The number of hydrogen-bond acceptors (Lipinski definition) is 11. The number of ether oxygens (including phenoxy) is 2. The van der Waals surface area contributed by atoms with Gasteiger partial charge < -0.3 is 40.3 Å². The summed E-state index contributed by atoms with van der Waals surface area (Å²) in [5.41, 5.74) is 0. The average Bonchev–Trinajstić information content (AvgIpc) is 3.25. The smallest absolute Gasteiger partial charge is 0.394 e. The van der Waals surface area contributed by atoms with Gasteiger partial charge in [-0.2, -0.15) is 8.42 Å². The van der Waals surface area contributed by atoms with Crippen LogP contribution in [-0.4, -0.2) is 107 Å². The quantitative estimate of drug-likeness (QED) is 0.0225. The summed E-state index contributed by atoms with van der Waals surface area (Å²) in [6, 6.07) is -1.03. The normalized spacial score (nSPS) is 20.8. The molecule has 1 saturated heterocycles. The fraction of sp³-hybridized carbons (Fsp3) is 0.980. The molecule has 14 heteroatoms. The van der Waals surface area contributed by atoms with Gasteiger partial charge in [0.25, 0.3) is 0 Å². The number of carbonyl (C=O) groups excluding carboxylic acids is 1. The standard InChI is InChI=1S/C49H97NO12S/c1-3-5-7-9-11-13-15-17-19-20-21-22-24-26-28-30-32-34-36-38-43(53)48(56)50-41(40-60-49-46(55)47(62-63(57,58)59)45(54)44(39-51)61-49)42(52)37-35-33-31-29-27-25-23-18-16-14-12-10-8-6-4-2/h41-47,49,51-55H,3-40H2,1-2H3,(H,50,56)(H,57,58,59). The molecule has 1 amide bonds. The second-order valence-corrected chi connectivity index (χ2v) is 19.7. The number of aliphatic hydroxyl groups is 5. The molecule has 0 spiro atoms. The van der Waals surface area contributed by atoms with Gasteiger partial charge in [-0.3, -0.25) is 9.35 Å². The van der Waals surface area contributed by atoms with Crippen molar-refractivity contribution in [3.05, 3.63) is 0 Å². The number of aliphatic hydroxyl groups excluding tert-OH is 5. The molecule has 0 aromatic carbocycles. The van der Waals surface area contributed by atoms with E-state index in [9.17, 15) is 43.3 Å². The van der Waals surface area contributed by atoms with Crippen LogP contribution in [0.1, 0.15) is 245 Å². The number of nitrogens with one attached hydrogen (secondary N) is 1. The summed E-state index contributed by atoms with van der Waals surface area (Å²) < 4.78 is 47.7. The molecular weight excluding hydrogens is 827 g/mol. The second kappa shape index (κ2) is 40.2. The summed E-state index contributed by atoms with van der Waals surface area (Å²) in [6.07, 6.45) is 31.4. The van der Waals surface area contributed by atoms with Crippen LogP contribution in [0.5, 0.6) is 0 Å². The molecular formula is C49H97NO12S. The maximum atomic E-state index is 13.2. The van der Waals surface area contributed by atoms with Crippen LogP contribution in [0, 0.1) is 0 Å². The fourth-order valence-electron chi connectivity index (χ4n) is 8.64. The Morgan fingerprint density at radius 3 is 1.27 bits per heavy atom. The van der Waals surface area contributed by atoms with Crippen molar-refractivity contribution in [3.63, 3.8) is 0 Å². The van der Waals surface area contributed by atoms with Crippen molar-refractivity contribution in [3.8, 4) is 0 Å². The summed E-state index contributed by atoms with van der Waals surface area (Å²) >= 11 is 0. The number of unbranched alkanes of at least 4 members (excludes halogenated alkanes) is 32. The molecule has 376 valence electrons. The Bertz CT molecular complexity index is 1150. The molecule has 0 aliphatic carbocycles. The van der Waals surface area contributed by atoms with Crippen molar-refractivity contribution in [2.24, 2.45) is 0 Å². The lowest BCUT2D eigenvalue weighted by atomic mass is 9.99. The topological polar surface area (TPSA) is 212 Å². The second-order valence-electron chi connectivity index (χ2n) is 18.6. The van der Waals surface area contributed by atoms with Crippen molar-refractivity contribution < 1.29 is 57.0 Å². The molecule has 0 radical (unpaired) electrons. The first-order chi connectivity index (χ1) is 30.4. The molecule has 13 nitrogen and oxygen atoms in total. The van der Waals surface area contributed by atoms with Crippen molar-refractivity contribution >= 4 is 16.3 Å². The SMILES string of the molecule is CCCCCCCCCCCCCCCCCCCCCC(O)C(=O)NC(COC1OC(CO)C(O)C(OS(=O)(=O)O)C1O)C(O)CCCCCCCCCCCCCCCCC. The molecule has 1 aliphatic heterocycles. The van der Waals surface area contributed by atoms with Crippen molar-refractivity contribution in [2.75, 3.05) is 13.2 Å². The largest absolute Gasteiger partial charge is 0.397 e. The molecule has 1 aliphatic rings. The van der Waals surface area contributed by atoms with E-state index >= 15 is 0 Å². The number of rotatable bonds is 45. The summed E-state index contributed by atoms with van der Waals surface area (Å²) in [5.74, 6) is -0.664. The first-order valence-electron chi connectivity index (χ1n) is 26.0. The van der Waals surface area contributed by atoms with E-state index in [2.05, 4.69) is 23.3 Å². The molecule has 1 fully saturated rings. The van der Waals surface area contributed by atoms with Crippen LogP contribution in [0.4, 0.5) is 0 Å². The molecule has 8 atom stereocenters. The van der Waals surface area contributed by atoms with Gasteiger partial charge in [-0.05, 0) is 12.8 Å². The lowest BCUT2D eigenvalue weighted by Crippen LogP contribution is -2.61. The van der Waals surface area contributed by atoms with Gasteiger partial charge in [0.1, 0.15) is 30.5 Å². The fourth-order valence-corrected chi connectivity index (χ4v) is 9.15. The molecule has 63 heavy (non-hydrogen) atoms. The first kappa shape index (κ1) is 60.1. The minimum atomic E-state index is -5.11.